The molecule has 0 heterocycles. The van der Waals surface area contributed by atoms with Gasteiger partial charge in [0.15, 0.2) is 0 Å². The number of nitrogens with zero attached hydrogens (tertiary/aromatic N) is 1. The van der Waals surface area contributed by atoms with Crippen LogP contribution < -0.4 is 16.0 Å². The number of hydrogen-bond donors (Lipinski definition) is 3. The van der Waals surface area contributed by atoms with Gasteiger partial charge in [-0.15, -0.1) is 0 Å². The lowest BCUT2D eigenvalue weighted by molar-refractivity contribution is -0.130. The minimum atomic E-state index is -0.345. The van der Waals surface area contributed by atoms with E-state index in [1.165, 1.54) is 0 Å². The fraction of sp³-hybridized carbons (Fsp3) is 0.550. The van der Waals surface area contributed by atoms with Gasteiger partial charge in [0.2, 0.25) is 5.91 Å². The zero-order valence-corrected chi connectivity index (χ0v) is 17.2. The highest BCUT2D eigenvalue weighted by Crippen LogP contribution is 2.12. The predicted octanol–water partition coefficient (Wildman–Crippen LogP) is 2.98. The summed E-state index contributed by atoms with van der Waals surface area (Å²) in [4.78, 5) is 37.5. The zero-order chi connectivity index (χ0) is 20.6. The second-order valence-corrected chi connectivity index (χ2v) is 7.83. The Balaban J connectivity index is 2.50. The van der Waals surface area contributed by atoms with Crippen LogP contribution in [-0.4, -0.2) is 47.4 Å². The number of hydrogen-bond acceptors (Lipinski definition) is 3. The van der Waals surface area contributed by atoms with E-state index >= 15 is 0 Å². The van der Waals surface area contributed by atoms with Crippen molar-refractivity contribution in [1.82, 2.24) is 15.5 Å². The van der Waals surface area contributed by atoms with Gasteiger partial charge in [-0.1, -0.05) is 6.07 Å². The molecule has 0 aliphatic carbocycles. The fourth-order valence-corrected chi connectivity index (χ4v) is 2.56. The molecular weight excluding hydrogens is 344 g/mol. The minimum Gasteiger partial charge on any atom is -0.347 e. The quantitative estimate of drug-likeness (QED) is 0.639. The highest BCUT2D eigenvalue weighted by molar-refractivity contribution is 5.97. The van der Waals surface area contributed by atoms with Crippen molar-refractivity contribution in [3.8, 4) is 0 Å². The third-order valence-electron chi connectivity index (χ3n) is 3.76. The van der Waals surface area contributed by atoms with Crippen molar-refractivity contribution < 1.29 is 14.4 Å². The summed E-state index contributed by atoms with van der Waals surface area (Å²) in [6.45, 7) is 12.2. The second-order valence-electron chi connectivity index (χ2n) is 7.83. The molecule has 0 aliphatic heterocycles. The van der Waals surface area contributed by atoms with E-state index in [0.717, 1.165) is 0 Å². The molecule has 3 N–H and O–H groups in total. The summed E-state index contributed by atoms with van der Waals surface area (Å²) < 4.78 is 0. The number of rotatable bonds is 7. The van der Waals surface area contributed by atoms with Gasteiger partial charge in [0.25, 0.3) is 5.91 Å². The van der Waals surface area contributed by atoms with Gasteiger partial charge < -0.3 is 20.9 Å². The Morgan fingerprint density at radius 1 is 1.15 bits per heavy atom. The van der Waals surface area contributed by atoms with Crippen LogP contribution in [0.1, 0.15) is 58.3 Å². The molecule has 0 saturated carbocycles. The van der Waals surface area contributed by atoms with Crippen molar-refractivity contribution >= 4 is 23.5 Å². The number of urea groups is 1. The first-order chi connectivity index (χ1) is 12.5. The lowest BCUT2D eigenvalue weighted by Crippen LogP contribution is -2.40. The number of carbonyl (C=O) groups excluding carboxylic acids is 3. The molecule has 0 aromatic heterocycles. The molecule has 150 valence electrons. The molecule has 0 unspecified atom stereocenters. The monoisotopic (exact) mass is 376 g/mol. The molecule has 0 radical (unpaired) electrons. The second kappa shape index (κ2) is 9.94. The van der Waals surface area contributed by atoms with Crippen molar-refractivity contribution in [2.45, 2.75) is 59.5 Å². The van der Waals surface area contributed by atoms with E-state index in [-0.39, 0.29) is 29.4 Å². The summed E-state index contributed by atoms with van der Waals surface area (Å²) >= 11 is 0. The van der Waals surface area contributed by atoms with Crippen LogP contribution >= 0.6 is 0 Å². The minimum absolute atomic E-state index is 0.0276. The van der Waals surface area contributed by atoms with E-state index in [0.29, 0.717) is 30.8 Å². The van der Waals surface area contributed by atoms with Crippen molar-refractivity contribution in [2.75, 3.05) is 18.4 Å². The van der Waals surface area contributed by atoms with E-state index in [1.54, 1.807) is 36.1 Å². The van der Waals surface area contributed by atoms with Gasteiger partial charge in [-0.3, -0.25) is 9.59 Å². The van der Waals surface area contributed by atoms with Gasteiger partial charge in [-0.05, 0) is 59.2 Å². The third kappa shape index (κ3) is 8.57. The lowest BCUT2D eigenvalue weighted by Gasteiger charge is -2.25. The van der Waals surface area contributed by atoms with Crippen LogP contribution in [0.3, 0.4) is 0 Å². The fourth-order valence-electron chi connectivity index (χ4n) is 2.56. The molecule has 7 nitrogen and oxygen atoms in total. The number of nitrogens with one attached hydrogen (secondary N) is 3. The van der Waals surface area contributed by atoms with E-state index in [9.17, 15) is 14.4 Å². The molecule has 4 amide bonds. The van der Waals surface area contributed by atoms with E-state index in [2.05, 4.69) is 16.0 Å². The van der Waals surface area contributed by atoms with Gasteiger partial charge >= 0.3 is 6.03 Å². The van der Waals surface area contributed by atoms with Crippen LogP contribution in [0.4, 0.5) is 10.5 Å². The molecule has 1 aromatic carbocycles. The summed E-state index contributed by atoms with van der Waals surface area (Å²) in [5.41, 5.74) is 0.695. The molecular formula is C20H32N4O3. The van der Waals surface area contributed by atoms with Gasteiger partial charge in [0.1, 0.15) is 0 Å². The number of carbonyl (C=O) groups is 3. The largest absolute Gasteiger partial charge is 0.347 e. The highest BCUT2D eigenvalue weighted by atomic mass is 16.2. The highest BCUT2D eigenvalue weighted by Gasteiger charge is 2.16. The maximum absolute atomic E-state index is 12.2. The van der Waals surface area contributed by atoms with Crippen molar-refractivity contribution in [1.29, 1.82) is 0 Å². The maximum atomic E-state index is 12.2. The van der Waals surface area contributed by atoms with Crippen LogP contribution in [0.15, 0.2) is 24.3 Å². The summed E-state index contributed by atoms with van der Waals surface area (Å²) in [6, 6.07) is 6.58. The van der Waals surface area contributed by atoms with E-state index in [4.69, 9.17) is 0 Å². The SMILES string of the molecule is CC(=O)N(CCCNC(=O)Nc1cccc(C(=O)NC(C)(C)C)c1)C(C)C. The Hall–Kier alpha value is -2.57. The Kier molecular flexibility index (Phi) is 8.28. The molecule has 0 fully saturated rings. The van der Waals surface area contributed by atoms with Gasteiger partial charge in [-0.2, -0.15) is 0 Å². The van der Waals surface area contributed by atoms with Crippen LogP contribution in [-0.2, 0) is 4.79 Å². The molecule has 0 atom stereocenters. The zero-order valence-electron chi connectivity index (χ0n) is 17.2. The van der Waals surface area contributed by atoms with E-state index < -0.39 is 0 Å². The van der Waals surface area contributed by atoms with Gasteiger partial charge in [0, 0.05) is 42.8 Å². The maximum Gasteiger partial charge on any atom is 0.319 e. The Morgan fingerprint density at radius 3 is 2.37 bits per heavy atom. The molecule has 1 aromatic rings. The number of benzene rings is 1. The summed E-state index contributed by atoms with van der Waals surface area (Å²) in [5, 5.41) is 8.37. The predicted molar refractivity (Wildman–Crippen MR) is 108 cm³/mol. The van der Waals surface area contributed by atoms with Crippen LogP contribution in [0.2, 0.25) is 0 Å². The van der Waals surface area contributed by atoms with Gasteiger partial charge in [-0.25, -0.2) is 4.79 Å². The first-order valence-electron chi connectivity index (χ1n) is 9.24. The lowest BCUT2D eigenvalue weighted by atomic mass is 10.1. The third-order valence-corrected chi connectivity index (χ3v) is 3.76. The molecule has 27 heavy (non-hydrogen) atoms. The van der Waals surface area contributed by atoms with Crippen LogP contribution in [0.25, 0.3) is 0 Å². The summed E-state index contributed by atoms with van der Waals surface area (Å²) in [5.74, 6) is -0.163. The van der Waals surface area contributed by atoms with E-state index in [1.807, 2.05) is 34.6 Å². The average molecular weight is 377 g/mol. The molecule has 7 heteroatoms. The molecule has 1 rings (SSSR count). The van der Waals surface area contributed by atoms with Crippen molar-refractivity contribution in [3.05, 3.63) is 29.8 Å². The molecule has 0 saturated heterocycles. The standard InChI is InChI=1S/C20H32N4O3/c1-14(2)24(15(3)25)12-8-11-21-19(27)22-17-10-7-9-16(13-17)18(26)23-20(4,5)6/h7,9-10,13-14H,8,11-12H2,1-6H3,(H,23,26)(H2,21,22,27). The Labute approximate surface area is 161 Å². The number of anilines is 1. The number of amides is 4. The summed E-state index contributed by atoms with van der Waals surface area (Å²) in [6.07, 6.45) is 0.666. The van der Waals surface area contributed by atoms with Crippen molar-refractivity contribution in [3.63, 3.8) is 0 Å². The first kappa shape index (κ1) is 22.5. The molecule has 0 spiro atoms. The van der Waals surface area contributed by atoms with Crippen LogP contribution in [0.5, 0.6) is 0 Å². The molecule has 0 aliphatic rings. The smallest absolute Gasteiger partial charge is 0.319 e. The Morgan fingerprint density at radius 2 is 1.81 bits per heavy atom. The van der Waals surface area contributed by atoms with Crippen molar-refractivity contribution in [2.24, 2.45) is 0 Å². The average Bonchev–Trinajstić information content (AvgIpc) is 2.52. The first-order valence-corrected chi connectivity index (χ1v) is 9.24. The normalized spacial score (nSPS) is 11.1. The molecule has 0 bridgehead atoms. The Bertz CT molecular complexity index is 665. The van der Waals surface area contributed by atoms with Crippen LogP contribution in [0, 0.1) is 0 Å². The topological polar surface area (TPSA) is 90.5 Å². The van der Waals surface area contributed by atoms with Gasteiger partial charge in [0.05, 0.1) is 0 Å². The summed E-state index contributed by atoms with van der Waals surface area (Å²) in [7, 11) is 0.